The molecule has 7 nitrogen and oxygen atoms in total. The first-order valence-corrected chi connectivity index (χ1v) is 11.1. The maximum Gasteiger partial charge on any atom is 0.513 e. The van der Waals surface area contributed by atoms with Gasteiger partial charge in [0, 0.05) is 24.2 Å². The van der Waals surface area contributed by atoms with Gasteiger partial charge < -0.3 is 20.1 Å². The highest BCUT2D eigenvalue weighted by molar-refractivity contribution is 6.04. The van der Waals surface area contributed by atoms with E-state index in [4.69, 9.17) is 9.47 Å². The largest absolute Gasteiger partial charge is 0.513 e. The lowest BCUT2D eigenvalue weighted by Gasteiger charge is -2.09. The average Bonchev–Trinajstić information content (AvgIpc) is 2.84. The van der Waals surface area contributed by atoms with E-state index in [0.29, 0.717) is 36.4 Å². The topological polar surface area (TPSA) is 93.7 Å². The first kappa shape index (κ1) is 24.5. The van der Waals surface area contributed by atoms with Gasteiger partial charge in [-0.25, -0.2) is 4.79 Å². The highest BCUT2D eigenvalue weighted by atomic mass is 16.7. The van der Waals surface area contributed by atoms with Crippen LogP contribution in [0.5, 0.6) is 5.75 Å². The van der Waals surface area contributed by atoms with E-state index >= 15 is 0 Å². The van der Waals surface area contributed by atoms with Gasteiger partial charge in [0.05, 0.1) is 6.61 Å². The van der Waals surface area contributed by atoms with Crippen molar-refractivity contribution in [3.8, 4) is 5.75 Å². The lowest BCUT2D eigenvalue weighted by atomic mass is 10.1. The van der Waals surface area contributed by atoms with E-state index in [1.165, 1.54) is 17.7 Å². The summed E-state index contributed by atoms with van der Waals surface area (Å²) in [6, 6.07) is 21.6. The molecule has 2 N–H and O–H groups in total. The second kappa shape index (κ2) is 12.2. The van der Waals surface area contributed by atoms with E-state index < -0.39 is 6.16 Å². The van der Waals surface area contributed by atoms with Crippen molar-refractivity contribution in [3.63, 3.8) is 0 Å². The molecule has 34 heavy (non-hydrogen) atoms. The smallest absolute Gasteiger partial charge is 0.434 e. The van der Waals surface area contributed by atoms with Gasteiger partial charge in [0.25, 0.3) is 5.91 Å². The van der Waals surface area contributed by atoms with Crippen LogP contribution >= 0.6 is 0 Å². The lowest BCUT2D eigenvalue weighted by molar-refractivity contribution is -0.121. The Kier molecular flexibility index (Phi) is 8.80. The summed E-state index contributed by atoms with van der Waals surface area (Å²) in [5.41, 5.74) is 4.32. The highest BCUT2D eigenvalue weighted by Gasteiger charge is 2.09. The minimum atomic E-state index is -0.790. The van der Waals surface area contributed by atoms with Gasteiger partial charge in [-0.3, -0.25) is 9.59 Å². The zero-order chi connectivity index (χ0) is 24.3. The highest BCUT2D eigenvalue weighted by Crippen LogP contribution is 2.16. The maximum absolute atomic E-state index is 12.5. The summed E-state index contributed by atoms with van der Waals surface area (Å²) in [5.74, 6) is -0.00607. The van der Waals surface area contributed by atoms with Crippen LogP contribution in [0, 0.1) is 6.92 Å². The van der Waals surface area contributed by atoms with Crippen LogP contribution in [0.2, 0.25) is 0 Å². The Morgan fingerprint density at radius 1 is 0.824 bits per heavy atom. The molecule has 0 saturated carbocycles. The van der Waals surface area contributed by atoms with Crippen LogP contribution in [-0.2, 0) is 22.5 Å². The van der Waals surface area contributed by atoms with Crippen molar-refractivity contribution in [2.75, 3.05) is 11.9 Å². The van der Waals surface area contributed by atoms with Crippen molar-refractivity contribution in [2.45, 2.75) is 33.2 Å². The summed E-state index contributed by atoms with van der Waals surface area (Å²) in [5, 5.41) is 5.74. The second-order valence-electron chi connectivity index (χ2n) is 7.72. The molecule has 0 bridgehead atoms. The van der Waals surface area contributed by atoms with Gasteiger partial charge in [0.2, 0.25) is 5.91 Å². The molecule has 0 aliphatic carbocycles. The van der Waals surface area contributed by atoms with Gasteiger partial charge >= 0.3 is 6.16 Å². The van der Waals surface area contributed by atoms with Gasteiger partial charge in [0.1, 0.15) is 5.75 Å². The van der Waals surface area contributed by atoms with E-state index in [1.54, 1.807) is 31.2 Å². The average molecular weight is 461 g/mol. The normalized spacial score (nSPS) is 10.3. The maximum atomic E-state index is 12.5. The Morgan fingerprint density at radius 2 is 1.47 bits per heavy atom. The third-order valence-electron chi connectivity index (χ3n) is 5.04. The molecule has 0 aliphatic heterocycles. The quantitative estimate of drug-likeness (QED) is 0.345. The first-order chi connectivity index (χ1) is 16.4. The minimum Gasteiger partial charge on any atom is -0.434 e. The van der Waals surface area contributed by atoms with Crippen molar-refractivity contribution in [2.24, 2.45) is 0 Å². The number of carbonyl (C=O) groups excluding carboxylic acids is 3. The third-order valence-corrected chi connectivity index (χ3v) is 5.04. The molecular formula is C27H28N2O5. The second-order valence-corrected chi connectivity index (χ2v) is 7.72. The van der Waals surface area contributed by atoms with E-state index in [-0.39, 0.29) is 18.4 Å². The van der Waals surface area contributed by atoms with Crippen molar-refractivity contribution in [1.29, 1.82) is 0 Å². The monoisotopic (exact) mass is 460 g/mol. The molecule has 0 saturated heterocycles. The molecule has 0 aliphatic rings. The fourth-order valence-electron chi connectivity index (χ4n) is 3.13. The summed E-state index contributed by atoms with van der Waals surface area (Å²) in [7, 11) is 0. The van der Waals surface area contributed by atoms with Crippen molar-refractivity contribution < 1.29 is 23.9 Å². The summed E-state index contributed by atoms with van der Waals surface area (Å²) in [6.45, 7) is 4.36. The molecule has 3 rings (SSSR count). The molecule has 7 heteroatoms. The molecule has 2 amide bonds. The molecule has 0 fully saturated rings. The third kappa shape index (κ3) is 7.78. The van der Waals surface area contributed by atoms with Gasteiger partial charge in [-0.2, -0.15) is 0 Å². The van der Waals surface area contributed by atoms with E-state index in [2.05, 4.69) is 10.6 Å². The van der Waals surface area contributed by atoms with Crippen LogP contribution in [0.3, 0.4) is 0 Å². The van der Waals surface area contributed by atoms with Crippen LogP contribution in [-0.4, -0.2) is 24.6 Å². The number of anilines is 1. The standard InChI is InChI=1S/C27H28N2O5/c1-3-33-27(32)34-24-15-11-22(12-16-24)26(31)29-23-13-8-21(9-14-23)18-28-25(30)17-10-20-6-4-19(2)5-7-20/h4-9,11-16H,3,10,17-18H2,1-2H3,(H,28,30)(H,29,31). The summed E-state index contributed by atoms with van der Waals surface area (Å²) >= 11 is 0. The van der Waals surface area contributed by atoms with E-state index in [9.17, 15) is 14.4 Å². The Morgan fingerprint density at radius 3 is 2.12 bits per heavy atom. The zero-order valence-electron chi connectivity index (χ0n) is 19.3. The fourth-order valence-corrected chi connectivity index (χ4v) is 3.13. The predicted octanol–water partition coefficient (Wildman–Crippen LogP) is 5.03. The predicted molar refractivity (Wildman–Crippen MR) is 130 cm³/mol. The van der Waals surface area contributed by atoms with E-state index in [1.807, 2.05) is 43.3 Å². The number of amides is 2. The molecule has 3 aromatic rings. The molecule has 176 valence electrons. The molecule has 0 heterocycles. The van der Waals surface area contributed by atoms with Crippen LogP contribution in [0.4, 0.5) is 10.5 Å². The Balaban J connectivity index is 1.43. The molecule has 0 atom stereocenters. The number of hydrogen-bond donors (Lipinski definition) is 2. The van der Waals surface area contributed by atoms with Crippen molar-refractivity contribution in [1.82, 2.24) is 5.32 Å². The Labute approximate surface area is 199 Å². The number of rotatable bonds is 9. The Hall–Kier alpha value is -4.13. The molecular weight excluding hydrogens is 432 g/mol. The SMILES string of the molecule is CCOC(=O)Oc1ccc(C(=O)Nc2ccc(CNC(=O)CCc3ccc(C)cc3)cc2)cc1. The van der Waals surface area contributed by atoms with Crippen LogP contribution < -0.4 is 15.4 Å². The van der Waals surface area contributed by atoms with Gasteiger partial charge in [-0.15, -0.1) is 0 Å². The summed E-state index contributed by atoms with van der Waals surface area (Å²) in [4.78, 5) is 35.9. The number of ether oxygens (including phenoxy) is 2. The lowest BCUT2D eigenvalue weighted by Crippen LogP contribution is -2.23. The van der Waals surface area contributed by atoms with Gasteiger partial charge in [-0.05, 0) is 67.8 Å². The zero-order valence-corrected chi connectivity index (χ0v) is 19.3. The first-order valence-electron chi connectivity index (χ1n) is 11.1. The van der Waals surface area contributed by atoms with Gasteiger partial charge in [0.15, 0.2) is 0 Å². The van der Waals surface area contributed by atoms with Crippen molar-refractivity contribution >= 4 is 23.7 Å². The van der Waals surface area contributed by atoms with Crippen LogP contribution in [0.1, 0.15) is 40.4 Å². The van der Waals surface area contributed by atoms with Crippen LogP contribution in [0.15, 0.2) is 72.8 Å². The fraction of sp³-hybridized carbons (Fsp3) is 0.222. The Bertz CT molecular complexity index is 1110. The number of carbonyl (C=O) groups is 3. The number of nitrogens with one attached hydrogen (secondary N) is 2. The van der Waals surface area contributed by atoms with Crippen molar-refractivity contribution in [3.05, 3.63) is 95.1 Å². The summed E-state index contributed by atoms with van der Waals surface area (Å²) in [6.07, 6.45) is 0.343. The number of benzene rings is 3. The number of hydrogen-bond acceptors (Lipinski definition) is 5. The van der Waals surface area contributed by atoms with Gasteiger partial charge in [-0.1, -0.05) is 42.0 Å². The van der Waals surface area contributed by atoms with E-state index in [0.717, 1.165) is 11.1 Å². The summed E-state index contributed by atoms with van der Waals surface area (Å²) < 4.78 is 9.69. The molecule has 0 aromatic heterocycles. The number of aryl methyl sites for hydroxylation is 2. The molecule has 0 unspecified atom stereocenters. The molecule has 3 aromatic carbocycles. The molecule has 0 radical (unpaired) electrons. The minimum absolute atomic E-state index is 0.00617. The van der Waals surface area contributed by atoms with Crippen LogP contribution in [0.25, 0.3) is 0 Å². The molecule has 0 spiro atoms.